The van der Waals surface area contributed by atoms with E-state index in [2.05, 4.69) is 0 Å². The third-order valence-electron chi connectivity index (χ3n) is 2.85. The van der Waals surface area contributed by atoms with Crippen molar-refractivity contribution < 1.29 is 19.4 Å². The van der Waals surface area contributed by atoms with Crippen LogP contribution in [0.5, 0.6) is 0 Å². The predicted octanol–water partition coefficient (Wildman–Crippen LogP) is -1.32. The Bertz CT molecular complexity index is 289. The van der Waals surface area contributed by atoms with E-state index in [9.17, 15) is 9.59 Å². The van der Waals surface area contributed by atoms with Gasteiger partial charge in [0.15, 0.2) is 0 Å². The number of nitrogens with zero attached hydrogens (tertiary/aromatic N) is 1. The molecule has 5 nitrogen and oxygen atoms in total. The molecule has 0 radical (unpaired) electrons. The van der Waals surface area contributed by atoms with Crippen LogP contribution in [0.15, 0.2) is 0 Å². The summed E-state index contributed by atoms with van der Waals surface area (Å²) in [6, 6.07) is 0.0820. The number of carboxylic acids is 1. The minimum Gasteiger partial charge on any atom is -0.480 e. The molecule has 1 amide bonds. The quantitative estimate of drug-likeness (QED) is 0.411. The highest BCUT2D eigenvalue weighted by Crippen LogP contribution is 2.56. The molecule has 5 heteroatoms. The molecule has 0 aromatic heterocycles. The summed E-state index contributed by atoms with van der Waals surface area (Å²) in [6.07, 6.45) is 0.291. The van der Waals surface area contributed by atoms with Gasteiger partial charge >= 0.3 is 5.97 Å². The molecule has 64 valence electrons. The summed E-state index contributed by atoms with van der Waals surface area (Å²) in [6.45, 7) is -0.174. The van der Waals surface area contributed by atoms with E-state index in [1.54, 1.807) is 0 Å². The summed E-state index contributed by atoms with van der Waals surface area (Å²) in [5.41, 5.74) is 0. The fourth-order valence-electron chi connectivity index (χ4n) is 2.20. The number of likely N-dealkylation sites (tertiary alicyclic amines) is 1. The first-order valence-corrected chi connectivity index (χ1v) is 3.88. The van der Waals surface area contributed by atoms with Crippen molar-refractivity contribution in [3.05, 3.63) is 0 Å². The maximum absolute atomic E-state index is 11.2. The number of β-lactam (4-membered cyclic amide) rings is 1. The first-order valence-electron chi connectivity index (χ1n) is 3.88. The summed E-state index contributed by atoms with van der Waals surface area (Å²) in [4.78, 5) is 22.9. The zero-order valence-corrected chi connectivity index (χ0v) is 6.14. The maximum Gasteiger partial charge on any atom is 0.323 e. The Morgan fingerprint density at radius 3 is 3.00 bits per heavy atom. The highest BCUT2D eigenvalue weighted by Gasteiger charge is 2.76. The first kappa shape index (κ1) is 6.42. The van der Waals surface area contributed by atoms with Crippen LogP contribution >= 0.6 is 0 Å². The van der Waals surface area contributed by atoms with Gasteiger partial charge in [0.1, 0.15) is 18.8 Å². The third kappa shape index (κ3) is 0.513. The Morgan fingerprint density at radius 1 is 1.58 bits per heavy atom. The third-order valence-corrected chi connectivity index (χ3v) is 2.85. The van der Waals surface area contributed by atoms with Crippen LogP contribution in [0.25, 0.3) is 0 Å². The lowest BCUT2D eigenvalue weighted by atomic mass is 9.70. The molecule has 0 bridgehead atoms. The summed E-state index contributed by atoms with van der Waals surface area (Å²) >= 11 is 0. The van der Waals surface area contributed by atoms with Crippen LogP contribution in [0, 0.1) is 5.92 Å². The van der Waals surface area contributed by atoms with Gasteiger partial charge in [-0.05, 0) is 0 Å². The molecule has 3 rings (SSSR count). The molecule has 0 aromatic rings. The average Bonchev–Trinajstić information content (AvgIpc) is 2.61. The van der Waals surface area contributed by atoms with Crippen LogP contribution in [0.3, 0.4) is 0 Å². The van der Waals surface area contributed by atoms with Gasteiger partial charge in [-0.15, -0.1) is 0 Å². The van der Waals surface area contributed by atoms with Crippen molar-refractivity contribution in [1.29, 1.82) is 0 Å². The standard InChI is InChI=1S/C7H7NO4/c9-2(10)1-8-4-3(7(8)11)5-6(4)12-5/h3-6H,1H2,(H,9,10). The normalized spacial score (nSPS) is 47.0. The molecule has 2 saturated heterocycles. The molecule has 1 aliphatic carbocycles. The van der Waals surface area contributed by atoms with Gasteiger partial charge in [-0.3, -0.25) is 9.59 Å². The van der Waals surface area contributed by atoms with Gasteiger partial charge in [-0.2, -0.15) is 0 Å². The molecule has 1 saturated carbocycles. The van der Waals surface area contributed by atoms with Gasteiger partial charge < -0.3 is 14.7 Å². The zero-order chi connectivity index (χ0) is 8.46. The molecule has 12 heavy (non-hydrogen) atoms. The molecule has 2 aliphatic heterocycles. The topological polar surface area (TPSA) is 70.1 Å². The minimum atomic E-state index is -0.953. The zero-order valence-electron chi connectivity index (χ0n) is 6.14. The Kier molecular flexibility index (Phi) is 0.875. The van der Waals surface area contributed by atoms with Crippen LogP contribution in [-0.4, -0.2) is 46.7 Å². The Labute approximate surface area is 67.9 Å². The van der Waals surface area contributed by atoms with E-state index in [1.165, 1.54) is 4.90 Å². The van der Waals surface area contributed by atoms with Crippen molar-refractivity contribution in [1.82, 2.24) is 4.90 Å². The highest BCUT2D eigenvalue weighted by atomic mass is 16.6. The van der Waals surface area contributed by atoms with E-state index >= 15 is 0 Å². The fourth-order valence-corrected chi connectivity index (χ4v) is 2.20. The lowest BCUT2D eigenvalue weighted by molar-refractivity contribution is -0.168. The van der Waals surface area contributed by atoms with E-state index in [-0.39, 0.29) is 36.6 Å². The lowest BCUT2D eigenvalue weighted by Gasteiger charge is -2.50. The number of aliphatic carboxylic acids is 1. The van der Waals surface area contributed by atoms with E-state index in [1.807, 2.05) is 0 Å². The molecule has 0 aromatic carbocycles. The van der Waals surface area contributed by atoms with Crippen molar-refractivity contribution in [2.45, 2.75) is 18.2 Å². The molecular weight excluding hydrogens is 162 g/mol. The van der Waals surface area contributed by atoms with Gasteiger partial charge in [-0.1, -0.05) is 0 Å². The van der Waals surface area contributed by atoms with Gasteiger partial charge in [-0.25, -0.2) is 0 Å². The SMILES string of the molecule is O=C(O)CN1C(=O)C2C3OC3C21. The molecule has 4 atom stereocenters. The molecular formula is C7H7NO4. The molecule has 0 spiro atoms. The first-order chi connectivity index (χ1) is 5.70. The van der Waals surface area contributed by atoms with Crippen molar-refractivity contribution >= 4 is 11.9 Å². The Hall–Kier alpha value is -1.10. The van der Waals surface area contributed by atoms with Crippen molar-refractivity contribution in [3.63, 3.8) is 0 Å². The van der Waals surface area contributed by atoms with Crippen LogP contribution in [0.2, 0.25) is 0 Å². The van der Waals surface area contributed by atoms with E-state index in [0.717, 1.165) is 0 Å². The molecule has 3 aliphatic rings. The second-order valence-corrected chi connectivity index (χ2v) is 3.44. The number of hydrogen-bond donors (Lipinski definition) is 1. The maximum atomic E-state index is 11.2. The van der Waals surface area contributed by atoms with Gasteiger partial charge in [0.25, 0.3) is 0 Å². The largest absolute Gasteiger partial charge is 0.480 e. The van der Waals surface area contributed by atoms with Crippen molar-refractivity contribution in [2.75, 3.05) is 6.54 Å². The average molecular weight is 169 g/mol. The number of epoxide rings is 1. The van der Waals surface area contributed by atoms with Crippen LogP contribution in [-0.2, 0) is 14.3 Å². The summed E-state index contributed by atoms with van der Waals surface area (Å²) in [7, 11) is 0. The minimum absolute atomic E-state index is 0.00523. The van der Waals surface area contributed by atoms with E-state index < -0.39 is 5.97 Å². The predicted molar refractivity (Wildman–Crippen MR) is 35.3 cm³/mol. The number of piperidine rings is 1. The second-order valence-electron chi connectivity index (χ2n) is 3.44. The lowest BCUT2D eigenvalue weighted by Crippen LogP contribution is -2.72. The number of ether oxygens (including phenoxy) is 1. The van der Waals surface area contributed by atoms with E-state index in [0.29, 0.717) is 0 Å². The molecule has 4 unspecified atom stereocenters. The van der Waals surface area contributed by atoms with E-state index in [4.69, 9.17) is 9.84 Å². The van der Waals surface area contributed by atoms with Crippen LogP contribution in [0.4, 0.5) is 0 Å². The summed E-state index contributed by atoms with van der Waals surface area (Å²) < 4.78 is 5.14. The van der Waals surface area contributed by atoms with Gasteiger partial charge in [0.2, 0.25) is 5.91 Å². The smallest absolute Gasteiger partial charge is 0.323 e. The second kappa shape index (κ2) is 1.64. The number of amides is 1. The summed E-state index contributed by atoms with van der Waals surface area (Å²) in [5, 5.41) is 8.46. The van der Waals surface area contributed by atoms with Crippen molar-refractivity contribution in [3.8, 4) is 0 Å². The molecule has 2 heterocycles. The highest BCUT2D eigenvalue weighted by molar-refractivity contribution is 5.92. The number of hydrogen-bond acceptors (Lipinski definition) is 3. The number of carbonyl (C=O) groups is 2. The fraction of sp³-hybridized carbons (Fsp3) is 0.714. The summed E-state index contributed by atoms with van der Waals surface area (Å²) in [5.74, 6) is -1.01. The van der Waals surface area contributed by atoms with Crippen molar-refractivity contribution in [2.24, 2.45) is 5.92 Å². The van der Waals surface area contributed by atoms with Crippen LogP contribution in [0.1, 0.15) is 0 Å². The number of carbonyl (C=O) groups excluding carboxylic acids is 1. The van der Waals surface area contributed by atoms with Gasteiger partial charge in [0, 0.05) is 0 Å². The number of fused-ring (bicyclic) bond motifs is 4. The monoisotopic (exact) mass is 169 g/mol. The van der Waals surface area contributed by atoms with Gasteiger partial charge in [0.05, 0.1) is 12.0 Å². The molecule has 1 N–H and O–H groups in total. The number of rotatable bonds is 2. The van der Waals surface area contributed by atoms with Crippen LogP contribution < -0.4 is 0 Å². The molecule has 3 fully saturated rings. The Balaban J connectivity index is 1.73. The number of carboxylic acid groups (broad SMARTS) is 1. The Morgan fingerprint density at radius 2 is 2.33 bits per heavy atom.